The number of aryl methyl sites for hydroxylation is 1. The molecule has 1 aromatic heterocycles. The summed E-state index contributed by atoms with van der Waals surface area (Å²) in [6.45, 7) is 9.83. The maximum atomic E-state index is 12.0. The van der Waals surface area contributed by atoms with Crippen LogP contribution in [0, 0.1) is 18.3 Å². The van der Waals surface area contributed by atoms with Crippen molar-refractivity contribution >= 4 is 5.97 Å². The fourth-order valence-corrected chi connectivity index (χ4v) is 4.63. The number of carbonyl (C=O) groups is 1. The van der Waals surface area contributed by atoms with E-state index in [0.29, 0.717) is 6.42 Å². The summed E-state index contributed by atoms with van der Waals surface area (Å²) < 4.78 is 11.4. The van der Waals surface area contributed by atoms with Crippen molar-refractivity contribution in [1.82, 2.24) is 0 Å². The number of aliphatic hydroxyl groups is 1. The summed E-state index contributed by atoms with van der Waals surface area (Å²) in [5.41, 5.74) is 2.19. The second-order valence-corrected chi connectivity index (χ2v) is 8.32. The Balaban J connectivity index is 1.87. The number of ether oxygens (including phenoxy) is 1. The maximum absolute atomic E-state index is 12.0. The van der Waals surface area contributed by atoms with Gasteiger partial charge in [0.05, 0.1) is 6.26 Å². The van der Waals surface area contributed by atoms with E-state index in [1.165, 1.54) is 11.6 Å². The molecule has 1 aromatic rings. The monoisotopic (exact) mass is 332 g/mol. The minimum Gasteiger partial charge on any atom is -0.469 e. The number of hydrogen-bond donors (Lipinski definition) is 1. The van der Waals surface area contributed by atoms with Crippen LogP contribution in [0.25, 0.3) is 0 Å². The summed E-state index contributed by atoms with van der Waals surface area (Å²) >= 11 is 0. The second-order valence-electron chi connectivity index (χ2n) is 8.32. The number of carbonyl (C=O) groups excluding carboxylic acids is 1. The SMILES string of the molecule is CC(C)=CC(=O)O[C@@H]1CC[C@]2(C)Cc3occ(C)c3CC2[C@]1(C)O. The van der Waals surface area contributed by atoms with Gasteiger partial charge in [0.2, 0.25) is 0 Å². The van der Waals surface area contributed by atoms with E-state index in [1.54, 1.807) is 0 Å². The zero-order chi connectivity index (χ0) is 17.7. The Labute approximate surface area is 143 Å². The van der Waals surface area contributed by atoms with Crippen LogP contribution in [0.15, 0.2) is 22.3 Å². The van der Waals surface area contributed by atoms with Gasteiger partial charge in [-0.2, -0.15) is 0 Å². The fraction of sp³-hybridized carbons (Fsp3) is 0.650. The van der Waals surface area contributed by atoms with E-state index in [9.17, 15) is 9.90 Å². The molecule has 0 amide bonds. The lowest BCUT2D eigenvalue weighted by molar-refractivity contribution is -0.194. The normalized spacial score (nSPS) is 34.9. The van der Waals surface area contributed by atoms with E-state index >= 15 is 0 Å². The zero-order valence-corrected chi connectivity index (χ0v) is 15.3. The van der Waals surface area contributed by atoms with Gasteiger partial charge in [-0.1, -0.05) is 12.5 Å². The van der Waals surface area contributed by atoms with Crippen LogP contribution in [0.3, 0.4) is 0 Å². The van der Waals surface area contributed by atoms with Crippen LogP contribution < -0.4 is 0 Å². The molecule has 132 valence electrons. The van der Waals surface area contributed by atoms with Gasteiger partial charge < -0.3 is 14.3 Å². The lowest BCUT2D eigenvalue weighted by Gasteiger charge is -2.54. The summed E-state index contributed by atoms with van der Waals surface area (Å²) in [4.78, 5) is 12.0. The van der Waals surface area contributed by atoms with Crippen molar-refractivity contribution in [3.05, 3.63) is 34.8 Å². The minimum absolute atomic E-state index is 0.0276. The maximum Gasteiger partial charge on any atom is 0.331 e. The number of allylic oxidation sites excluding steroid dienone is 1. The van der Waals surface area contributed by atoms with Crippen molar-refractivity contribution in [2.24, 2.45) is 11.3 Å². The predicted octanol–water partition coefficient (Wildman–Crippen LogP) is 3.73. The Morgan fingerprint density at radius 2 is 2.12 bits per heavy atom. The van der Waals surface area contributed by atoms with Gasteiger partial charge in [0.15, 0.2) is 0 Å². The van der Waals surface area contributed by atoms with Gasteiger partial charge in [-0.3, -0.25) is 0 Å². The number of rotatable bonds is 2. The van der Waals surface area contributed by atoms with E-state index in [0.717, 1.165) is 36.2 Å². The fourth-order valence-electron chi connectivity index (χ4n) is 4.63. The number of fused-ring (bicyclic) bond motifs is 2. The Kier molecular flexibility index (Phi) is 4.15. The summed E-state index contributed by atoms with van der Waals surface area (Å²) in [6.07, 6.45) is 6.04. The molecule has 0 aliphatic heterocycles. The van der Waals surface area contributed by atoms with Gasteiger partial charge in [0.1, 0.15) is 17.5 Å². The van der Waals surface area contributed by atoms with Crippen LogP contribution in [-0.2, 0) is 22.4 Å². The Morgan fingerprint density at radius 1 is 1.42 bits per heavy atom. The van der Waals surface area contributed by atoms with Gasteiger partial charge in [0.25, 0.3) is 0 Å². The average molecular weight is 332 g/mol. The van der Waals surface area contributed by atoms with Gasteiger partial charge >= 0.3 is 5.97 Å². The molecule has 0 spiro atoms. The molecule has 4 atom stereocenters. The summed E-state index contributed by atoms with van der Waals surface area (Å²) in [7, 11) is 0. The summed E-state index contributed by atoms with van der Waals surface area (Å²) in [5, 5.41) is 11.3. The van der Waals surface area contributed by atoms with Crippen molar-refractivity contribution in [2.45, 2.75) is 72.0 Å². The molecular weight excluding hydrogens is 304 g/mol. The first kappa shape index (κ1) is 17.3. The molecule has 1 unspecified atom stereocenters. The van der Waals surface area contributed by atoms with Crippen LogP contribution in [0.5, 0.6) is 0 Å². The number of furan rings is 1. The third kappa shape index (κ3) is 2.81. The first-order valence-electron chi connectivity index (χ1n) is 8.77. The van der Waals surface area contributed by atoms with Crippen LogP contribution in [-0.4, -0.2) is 22.8 Å². The largest absolute Gasteiger partial charge is 0.469 e. The van der Waals surface area contributed by atoms with E-state index < -0.39 is 11.7 Å². The lowest BCUT2D eigenvalue weighted by atomic mass is 9.54. The molecule has 0 bridgehead atoms. The third-order valence-electron chi connectivity index (χ3n) is 6.00. The van der Waals surface area contributed by atoms with Gasteiger partial charge in [-0.05, 0) is 63.5 Å². The molecule has 1 saturated carbocycles. The molecule has 0 radical (unpaired) electrons. The molecule has 2 aliphatic carbocycles. The highest BCUT2D eigenvalue weighted by molar-refractivity contribution is 5.82. The molecule has 1 N–H and O–H groups in total. The van der Waals surface area contributed by atoms with Crippen molar-refractivity contribution in [3.63, 3.8) is 0 Å². The van der Waals surface area contributed by atoms with E-state index in [-0.39, 0.29) is 17.3 Å². The lowest BCUT2D eigenvalue weighted by Crippen LogP contribution is -2.60. The van der Waals surface area contributed by atoms with Crippen LogP contribution in [0.4, 0.5) is 0 Å². The van der Waals surface area contributed by atoms with Crippen LogP contribution in [0.1, 0.15) is 57.4 Å². The minimum atomic E-state index is -1.04. The second kappa shape index (κ2) is 5.76. The summed E-state index contributed by atoms with van der Waals surface area (Å²) in [5.74, 6) is 0.744. The molecule has 4 nitrogen and oxygen atoms in total. The molecule has 0 aromatic carbocycles. The standard InChI is InChI=1S/C20H28O4/c1-12(2)8-18(21)24-17-6-7-19(4)10-15-14(13(3)11-23-15)9-16(19)20(17,5)22/h8,11,16-17,22H,6-7,9-10H2,1-5H3/t16?,17-,19-,20+/m1/s1. The average Bonchev–Trinajstić information content (AvgIpc) is 2.80. The Bertz CT molecular complexity index is 678. The Hall–Kier alpha value is -1.55. The van der Waals surface area contributed by atoms with Gasteiger partial charge in [-0.15, -0.1) is 0 Å². The topological polar surface area (TPSA) is 59.7 Å². The number of esters is 1. The highest BCUT2D eigenvalue weighted by Crippen LogP contribution is 2.54. The van der Waals surface area contributed by atoms with Crippen molar-refractivity contribution in [3.8, 4) is 0 Å². The highest BCUT2D eigenvalue weighted by atomic mass is 16.6. The molecule has 1 fully saturated rings. The molecule has 4 heteroatoms. The zero-order valence-electron chi connectivity index (χ0n) is 15.3. The smallest absolute Gasteiger partial charge is 0.331 e. The molecule has 3 rings (SSSR count). The predicted molar refractivity (Wildman–Crippen MR) is 91.6 cm³/mol. The molecule has 1 heterocycles. The first-order valence-corrected chi connectivity index (χ1v) is 8.77. The molecular formula is C20H28O4. The van der Waals surface area contributed by atoms with Gasteiger partial charge in [0, 0.05) is 18.4 Å². The Morgan fingerprint density at radius 3 is 2.79 bits per heavy atom. The summed E-state index contributed by atoms with van der Waals surface area (Å²) in [6, 6.07) is 0. The quantitative estimate of drug-likeness (QED) is 0.662. The van der Waals surface area contributed by atoms with Crippen LogP contribution in [0.2, 0.25) is 0 Å². The first-order chi connectivity index (χ1) is 11.1. The van der Waals surface area contributed by atoms with Crippen molar-refractivity contribution < 1.29 is 19.1 Å². The van der Waals surface area contributed by atoms with E-state index in [4.69, 9.17) is 9.15 Å². The molecule has 0 saturated heterocycles. The third-order valence-corrected chi connectivity index (χ3v) is 6.00. The number of hydrogen-bond acceptors (Lipinski definition) is 4. The highest BCUT2D eigenvalue weighted by Gasteiger charge is 2.56. The van der Waals surface area contributed by atoms with E-state index in [1.807, 2.05) is 27.0 Å². The molecule has 2 aliphatic rings. The van der Waals surface area contributed by atoms with Crippen molar-refractivity contribution in [2.75, 3.05) is 0 Å². The van der Waals surface area contributed by atoms with E-state index in [2.05, 4.69) is 13.8 Å². The van der Waals surface area contributed by atoms with Crippen LogP contribution >= 0.6 is 0 Å². The van der Waals surface area contributed by atoms with Gasteiger partial charge in [-0.25, -0.2) is 4.79 Å². The molecule has 24 heavy (non-hydrogen) atoms. The van der Waals surface area contributed by atoms with Crippen molar-refractivity contribution in [1.29, 1.82) is 0 Å².